The Hall–Kier alpha value is -2.14. The number of benzene rings is 2. The monoisotopic (exact) mass is 211 g/mol. The second-order valence-corrected chi connectivity index (χ2v) is 3.56. The van der Waals surface area contributed by atoms with Crippen LogP contribution in [-0.4, -0.2) is 0 Å². The van der Waals surface area contributed by atoms with Crippen molar-refractivity contribution in [2.24, 2.45) is 0 Å². The van der Waals surface area contributed by atoms with Gasteiger partial charge in [-0.1, -0.05) is 42.0 Å². The summed E-state index contributed by atoms with van der Waals surface area (Å²) >= 11 is 0. The Labute approximate surface area is 94.0 Å². The molecule has 2 rings (SSSR count). The fourth-order valence-corrected chi connectivity index (χ4v) is 1.59. The molecule has 0 aliphatic carbocycles. The molecule has 0 atom stereocenters. The smallest absolute Gasteiger partial charge is 0.222 e. The summed E-state index contributed by atoms with van der Waals surface area (Å²) in [7, 11) is 0. The Balaban J connectivity index is 2.27. The summed E-state index contributed by atoms with van der Waals surface area (Å²) in [6.45, 7) is 6.85. The Morgan fingerprint density at radius 1 is 1.00 bits per heavy atom. The Morgan fingerprint density at radius 2 is 1.75 bits per heavy atom. The number of hydrogen-bond donors (Lipinski definition) is 0. The van der Waals surface area contributed by atoms with E-state index in [2.05, 4.69) is 4.85 Å². The lowest BCUT2D eigenvalue weighted by atomic mass is 10.0. The van der Waals surface area contributed by atoms with Gasteiger partial charge in [-0.2, -0.15) is 0 Å². The van der Waals surface area contributed by atoms with Gasteiger partial charge in [-0.15, -0.1) is 0 Å². The molecule has 0 N–H and O–H groups in total. The maximum Gasteiger partial charge on any atom is 0.222 e. The van der Waals surface area contributed by atoms with Gasteiger partial charge in [0.05, 0.1) is 6.57 Å². The predicted molar refractivity (Wildman–Crippen MR) is 61.9 cm³/mol. The molecule has 2 aromatic carbocycles. The molecule has 0 aromatic heterocycles. The summed E-state index contributed by atoms with van der Waals surface area (Å²) in [6, 6.07) is 14.6. The minimum Gasteiger partial charge on any atom is -0.235 e. The number of halogens is 1. The second-order valence-electron chi connectivity index (χ2n) is 3.56. The van der Waals surface area contributed by atoms with E-state index < -0.39 is 5.82 Å². The average Bonchev–Trinajstić information content (AvgIpc) is 2.33. The molecule has 78 valence electrons. The molecular formula is C14H10FN. The maximum absolute atomic E-state index is 13.1. The van der Waals surface area contributed by atoms with E-state index in [1.165, 1.54) is 6.07 Å². The molecular weight excluding hydrogens is 201 g/mol. The molecule has 2 heteroatoms. The molecule has 0 heterocycles. The minimum absolute atomic E-state index is 0.0911. The summed E-state index contributed by atoms with van der Waals surface area (Å²) in [6.07, 6.45) is 0.726. The van der Waals surface area contributed by atoms with Crippen LogP contribution >= 0.6 is 0 Å². The average molecular weight is 211 g/mol. The van der Waals surface area contributed by atoms with Crippen LogP contribution in [0.2, 0.25) is 0 Å². The minimum atomic E-state index is -0.452. The van der Waals surface area contributed by atoms with Crippen LogP contribution in [0.3, 0.4) is 0 Å². The van der Waals surface area contributed by atoms with E-state index >= 15 is 0 Å². The van der Waals surface area contributed by atoms with Crippen molar-refractivity contribution in [3.8, 4) is 0 Å². The number of hydrogen-bond acceptors (Lipinski definition) is 0. The molecule has 0 saturated carbocycles. The van der Waals surface area contributed by atoms with Gasteiger partial charge in [-0.05, 0) is 24.1 Å². The van der Waals surface area contributed by atoms with E-state index in [1.807, 2.05) is 30.3 Å². The van der Waals surface area contributed by atoms with E-state index in [0.717, 1.165) is 17.5 Å². The van der Waals surface area contributed by atoms with Gasteiger partial charge in [0.2, 0.25) is 5.69 Å². The lowest BCUT2D eigenvalue weighted by Gasteiger charge is -2.02. The highest BCUT2D eigenvalue weighted by Crippen LogP contribution is 2.20. The van der Waals surface area contributed by atoms with Crippen LogP contribution in [0.4, 0.5) is 10.1 Å². The molecule has 0 spiro atoms. The third-order valence-electron chi connectivity index (χ3n) is 2.38. The van der Waals surface area contributed by atoms with Crippen LogP contribution in [0.25, 0.3) is 4.85 Å². The lowest BCUT2D eigenvalue weighted by molar-refractivity contribution is 0.633. The van der Waals surface area contributed by atoms with Crippen LogP contribution in [-0.2, 0) is 6.42 Å². The molecule has 16 heavy (non-hydrogen) atoms. The summed E-state index contributed by atoms with van der Waals surface area (Å²) in [5, 5.41) is 0. The van der Waals surface area contributed by atoms with Gasteiger partial charge in [0, 0.05) is 0 Å². The van der Waals surface area contributed by atoms with E-state index in [1.54, 1.807) is 12.1 Å². The summed E-state index contributed by atoms with van der Waals surface area (Å²) in [4.78, 5) is 3.15. The third-order valence-corrected chi connectivity index (χ3v) is 2.38. The zero-order chi connectivity index (χ0) is 11.4. The quantitative estimate of drug-likeness (QED) is 0.662. The fraction of sp³-hybridized carbons (Fsp3) is 0.0714. The third kappa shape index (κ3) is 2.26. The molecule has 1 nitrogen and oxygen atoms in total. The van der Waals surface area contributed by atoms with E-state index in [4.69, 9.17) is 6.57 Å². The van der Waals surface area contributed by atoms with Crippen molar-refractivity contribution >= 4 is 5.69 Å². The summed E-state index contributed by atoms with van der Waals surface area (Å²) in [5.74, 6) is -0.452. The molecule has 0 fully saturated rings. The highest BCUT2D eigenvalue weighted by molar-refractivity contribution is 5.49. The van der Waals surface area contributed by atoms with Gasteiger partial charge in [-0.3, -0.25) is 0 Å². The van der Waals surface area contributed by atoms with Crippen molar-refractivity contribution in [1.82, 2.24) is 0 Å². The van der Waals surface area contributed by atoms with Crippen molar-refractivity contribution in [3.63, 3.8) is 0 Å². The van der Waals surface area contributed by atoms with Crippen molar-refractivity contribution < 1.29 is 4.39 Å². The molecule has 2 aromatic rings. The van der Waals surface area contributed by atoms with Gasteiger partial charge in [0.25, 0.3) is 0 Å². The molecule has 0 amide bonds. The van der Waals surface area contributed by atoms with Gasteiger partial charge < -0.3 is 0 Å². The molecule has 0 aliphatic rings. The standard InChI is InChI=1S/C14H10FN/c1-16-14-10-12(7-8-13(14)15)9-11-5-3-2-4-6-11/h2-8,10H,9H2. The van der Waals surface area contributed by atoms with Crippen LogP contribution in [0, 0.1) is 12.4 Å². The maximum atomic E-state index is 13.1. The topological polar surface area (TPSA) is 4.36 Å². The SMILES string of the molecule is [C-]#[N+]c1cc(Cc2ccccc2)ccc1F. The Kier molecular flexibility index (Phi) is 2.98. The van der Waals surface area contributed by atoms with E-state index in [-0.39, 0.29) is 5.69 Å². The first kappa shape index (κ1) is 10.4. The van der Waals surface area contributed by atoms with Gasteiger partial charge >= 0.3 is 0 Å². The largest absolute Gasteiger partial charge is 0.235 e. The molecule has 0 bridgehead atoms. The first-order valence-electron chi connectivity index (χ1n) is 4.99. The molecule has 0 unspecified atom stereocenters. The van der Waals surface area contributed by atoms with E-state index in [9.17, 15) is 4.39 Å². The van der Waals surface area contributed by atoms with Crippen molar-refractivity contribution in [2.75, 3.05) is 0 Å². The first-order chi connectivity index (χ1) is 7.79. The summed E-state index contributed by atoms with van der Waals surface area (Å²) < 4.78 is 13.1. The molecule has 0 radical (unpaired) electrons. The highest BCUT2D eigenvalue weighted by atomic mass is 19.1. The zero-order valence-corrected chi connectivity index (χ0v) is 8.65. The molecule has 0 aliphatic heterocycles. The van der Waals surface area contributed by atoms with Crippen LogP contribution < -0.4 is 0 Å². The predicted octanol–water partition coefficient (Wildman–Crippen LogP) is 3.97. The lowest BCUT2D eigenvalue weighted by Crippen LogP contribution is -1.88. The van der Waals surface area contributed by atoms with Gasteiger partial charge in [0.1, 0.15) is 5.82 Å². The number of rotatable bonds is 2. The summed E-state index contributed by atoms with van der Waals surface area (Å²) in [5.41, 5.74) is 2.21. The van der Waals surface area contributed by atoms with Crippen LogP contribution in [0.15, 0.2) is 48.5 Å². The van der Waals surface area contributed by atoms with Crippen LogP contribution in [0.5, 0.6) is 0 Å². The van der Waals surface area contributed by atoms with E-state index in [0.29, 0.717) is 0 Å². The van der Waals surface area contributed by atoms with Gasteiger partial charge in [-0.25, -0.2) is 9.24 Å². The normalized spacial score (nSPS) is 9.75. The zero-order valence-electron chi connectivity index (χ0n) is 8.65. The molecule has 0 saturated heterocycles. The second kappa shape index (κ2) is 4.59. The van der Waals surface area contributed by atoms with Gasteiger partial charge in [0.15, 0.2) is 0 Å². The Morgan fingerprint density at radius 3 is 2.44 bits per heavy atom. The number of nitrogens with zero attached hydrogens (tertiary/aromatic N) is 1. The van der Waals surface area contributed by atoms with Crippen LogP contribution in [0.1, 0.15) is 11.1 Å². The first-order valence-corrected chi connectivity index (χ1v) is 4.99. The van der Waals surface area contributed by atoms with Crippen molar-refractivity contribution in [1.29, 1.82) is 0 Å². The Bertz CT molecular complexity index is 526. The van der Waals surface area contributed by atoms with Crippen molar-refractivity contribution in [3.05, 3.63) is 76.9 Å². The van der Waals surface area contributed by atoms with Crippen molar-refractivity contribution in [2.45, 2.75) is 6.42 Å². The highest BCUT2D eigenvalue weighted by Gasteiger charge is 2.03. The fourth-order valence-electron chi connectivity index (χ4n) is 1.59.